The van der Waals surface area contributed by atoms with E-state index < -0.39 is 0 Å². The molecule has 1 fully saturated rings. The van der Waals surface area contributed by atoms with Gasteiger partial charge < -0.3 is 24.4 Å². The summed E-state index contributed by atoms with van der Waals surface area (Å²) in [4.78, 5) is 10.8. The summed E-state index contributed by atoms with van der Waals surface area (Å²) in [6.07, 6.45) is 1.59. The lowest BCUT2D eigenvalue weighted by molar-refractivity contribution is 0.122. The number of fused-ring (bicyclic) bond motifs is 1. The molecule has 7 nitrogen and oxygen atoms in total. The highest BCUT2D eigenvalue weighted by Gasteiger charge is 2.17. The van der Waals surface area contributed by atoms with E-state index in [0.717, 1.165) is 55.0 Å². The number of benzene rings is 1. The zero-order chi connectivity index (χ0) is 15.5. The number of morpholine rings is 1. The third-order valence-corrected chi connectivity index (χ3v) is 3.93. The first-order chi connectivity index (χ1) is 11.4. The topological polar surface area (TPSA) is 68.7 Å². The largest absolute Gasteiger partial charge is 0.454 e. The second kappa shape index (κ2) is 6.29. The number of nitrogens with one attached hydrogen (secondary N) is 1. The molecule has 0 aliphatic carbocycles. The van der Waals surface area contributed by atoms with Crippen LogP contribution in [0.1, 0.15) is 5.56 Å². The van der Waals surface area contributed by atoms with E-state index >= 15 is 0 Å². The zero-order valence-corrected chi connectivity index (χ0v) is 12.7. The van der Waals surface area contributed by atoms with Crippen molar-refractivity contribution in [2.45, 2.75) is 6.54 Å². The maximum Gasteiger partial charge on any atom is 0.231 e. The molecule has 7 heteroatoms. The van der Waals surface area contributed by atoms with Crippen molar-refractivity contribution in [3.05, 3.63) is 36.2 Å². The summed E-state index contributed by atoms with van der Waals surface area (Å²) in [7, 11) is 0. The Kier molecular flexibility index (Phi) is 3.85. The lowest BCUT2D eigenvalue weighted by Gasteiger charge is -2.27. The Balaban J connectivity index is 1.46. The summed E-state index contributed by atoms with van der Waals surface area (Å²) in [5.41, 5.74) is 1.05. The summed E-state index contributed by atoms with van der Waals surface area (Å²) < 4.78 is 16.3. The number of rotatable bonds is 4. The van der Waals surface area contributed by atoms with Crippen LogP contribution in [-0.4, -0.2) is 43.1 Å². The quantitative estimate of drug-likeness (QED) is 0.920. The van der Waals surface area contributed by atoms with Gasteiger partial charge in [0.05, 0.1) is 13.2 Å². The first-order valence-corrected chi connectivity index (χ1v) is 7.66. The molecule has 0 saturated carbocycles. The molecule has 23 heavy (non-hydrogen) atoms. The standard InChI is InChI=1S/C16H18N4O3/c1-2-12(16-13(3-1)22-11-23-16)9-17-14-8-15(19-10-18-14)20-4-6-21-7-5-20/h1-3,8,10H,4-7,9,11H2,(H,17,18,19). The molecular formula is C16H18N4O3. The van der Waals surface area contributed by atoms with E-state index in [2.05, 4.69) is 20.2 Å². The van der Waals surface area contributed by atoms with Crippen LogP contribution in [0.5, 0.6) is 11.5 Å². The van der Waals surface area contributed by atoms with Gasteiger partial charge in [0.2, 0.25) is 6.79 Å². The smallest absolute Gasteiger partial charge is 0.231 e. The van der Waals surface area contributed by atoms with E-state index in [9.17, 15) is 0 Å². The molecule has 2 aliphatic heterocycles. The molecule has 120 valence electrons. The maximum atomic E-state index is 5.52. The summed E-state index contributed by atoms with van der Waals surface area (Å²) in [5.74, 6) is 3.31. The highest BCUT2D eigenvalue weighted by atomic mass is 16.7. The predicted molar refractivity (Wildman–Crippen MR) is 85.0 cm³/mol. The Morgan fingerprint density at radius 1 is 1.13 bits per heavy atom. The fourth-order valence-corrected chi connectivity index (χ4v) is 2.72. The minimum Gasteiger partial charge on any atom is -0.454 e. The zero-order valence-electron chi connectivity index (χ0n) is 12.7. The predicted octanol–water partition coefficient (Wildman–Crippen LogP) is 1.65. The molecule has 1 saturated heterocycles. The van der Waals surface area contributed by atoms with Gasteiger partial charge in [-0.3, -0.25) is 0 Å². The average molecular weight is 314 g/mol. The molecule has 0 unspecified atom stereocenters. The third kappa shape index (κ3) is 3.00. The molecule has 2 aromatic rings. The van der Waals surface area contributed by atoms with E-state index in [4.69, 9.17) is 14.2 Å². The second-order valence-corrected chi connectivity index (χ2v) is 5.37. The van der Waals surface area contributed by atoms with Crippen molar-refractivity contribution in [2.24, 2.45) is 0 Å². The third-order valence-electron chi connectivity index (χ3n) is 3.93. The minimum absolute atomic E-state index is 0.279. The number of anilines is 2. The van der Waals surface area contributed by atoms with Crippen LogP contribution in [0, 0.1) is 0 Å². The number of para-hydroxylation sites is 1. The lowest BCUT2D eigenvalue weighted by atomic mass is 10.2. The van der Waals surface area contributed by atoms with Gasteiger partial charge in [-0.25, -0.2) is 9.97 Å². The Morgan fingerprint density at radius 2 is 2.04 bits per heavy atom. The fraction of sp³-hybridized carbons (Fsp3) is 0.375. The van der Waals surface area contributed by atoms with Crippen molar-refractivity contribution in [3.8, 4) is 11.5 Å². The molecule has 0 atom stereocenters. The Morgan fingerprint density at radius 3 is 2.96 bits per heavy atom. The molecule has 0 spiro atoms. The van der Waals surface area contributed by atoms with Crippen molar-refractivity contribution in [3.63, 3.8) is 0 Å². The highest BCUT2D eigenvalue weighted by molar-refractivity contribution is 5.52. The van der Waals surface area contributed by atoms with Gasteiger partial charge in [0.1, 0.15) is 18.0 Å². The maximum absolute atomic E-state index is 5.52. The minimum atomic E-state index is 0.279. The van der Waals surface area contributed by atoms with Gasteiger partial charge in [0, 0.05) is 31.3 Å². The Bertz CT molecular complexity index is 689. The molecule has 0 radical (unpaired) electrons. The number of hydrogen-bond acceptors (Lipinski definition) is 7. The van der Waals surface area contributed by atoms with Crippen LogP contribution in [0.2, 0.25) is 0 Å². The van der Waals surface area contributed by atoms with Crippen LogP contribution in [0.25, 0.3) is 0 Å². The van der Waals surface area contributed by atoms with Gasteiger partial charge in [0.15, 0.2) is 11.5 Å². The molecule has 4 rings (SSSR count). The van der Waals surface area contributed by atoms with Crippen LogP contribution in [0.4, 0.5) is 11.6 Å². The Hall–Kier alpha value is -2.54. The second-order valence-electron chi connectivity index (χ2n) is 5.37. The Labute approximate surface area is 134 Å². The van der Waals surface area contributed by atoms with Crippen LogP contribution in [-0.2, 0) is 11.3 Å². The first-order valence-electron chi connectivity index (χ1n) is 7.66. The van der Waals surface area contributed by atoms with Gasteiger partial charge in [-0.15, -0.1) is 0 Å². The summed E-state index contributed by atoms with van der Waals surface area (Å²) in [6.45, 7) is 4.08. The number of aromatic nitrogens is 2. The van der Waals surface area contributed by atoms with Crippen molar-refractivity contribution < 1.29 is 14.2 Å². The molecule has 2 aliphatic rings. The van der Waals surface area contributed by atoms with Crippen molar-refractivity contribution in [1.29, 1.82) is 0 Å². The summed E-state index contributed by atoms with van der Waals surface area (Å²) >= 11 is 0. The SMILES string of the molecule is c1cc(CNc2cc(N3CCOCC3)ncn2)c2c(c1)OCO2. The molecule has 1 aromatic carbocycles. The average Bonchev–Trinajstić information content (AvgIpc) is 3.10. The molecule has 1 N–H and O–H groups in total. The lowest BCUT2D eigenvalue weighted by Crippen LogP contribution is -2.36. The molecular weight excluding hydrogens is 296 g/mol. The van der Waals surface area contributed by atoms with Crippen molar-refractivity contribution in [1.82, 2.24) is 9.97 Å². The van der Waals surface area contributed by atoms with Gasteiger partial charge >= 0.3 is 0 Å². The summed E-state index contributed by atoms with van der Waals surface area (Å²) in [6, 6.07) is 7.85. The first kappa shape index (κ1) is 14.1. The molecule has 0 bridgehead atoms. The van der Waals surface area contributed by atoms with Crippen LogP contribution >= 0.6 is 0 Å². The van der Waals surface area contributed by atoms with E-state index in [0.29, 0.717) is 6.54 Å². The van der Waals surface area contributed by atoms with Gasteiger partial charge in [0.25, 0.3) is 0 Å². The monoisotopic (exact) mass is 314 g/mol. The number of nitrogens with zero attached hydrogens (tertiary/aromatic N) is 3. The van der Waals surface area contributed by atoms with Gasteiger partial charge in [-0.2, -0.15) is 0 Å². The van der Waals surface area contributed by atoms with Crippen molar-refractivity contribution >= 4 is 11.6 Å². The normalized spacial score (nSPS) is 16.4. The van der Waals surface area contributed by atoms with Crippen molar-refractivity contribution in [2.75, 3.05) is 43.3 Å². The van der Waals surface area contributed by atoms with E-state index in [1.165, 1.54) is 0 Å². The highest BCUT2D eigenvalue weighted by Crippen LogP contribution is 2.35. The molecule has 3 heterocycles. The fourth-order valence-electron chi connectivity index (χ4n) is 2.72. The summed E-state index contributed by atoms with van der Waals surface area (Å²) in [5, 5.41) is 3.33. The van der Waals surface area contributed by atoms with Gasteiger partial charge in [-0.1, -0.05) is 12.1 Å². The number of hydrogen-bond donors (Lipinski definition) is 1. The van der Waals surface area contributed by atoms with Gasteiger partial charge in [-0.05, 0) is 6.07 Å². The van der Waals surface area contributed by atoms with E-state index in [-0.39, 0.29) is 6.79 Å². The molecule has 1 aromatic heterocycles. The van der Waals surface area contributed by atoms with Crippen LogP contribution < -0.4 is 19.7 Å². The number of ether oxygens (including phenoxy) is 3. The van der Waals surface area contributed by atoms with E-state index in [1.54, 1.807) is 6.33 Å². The van der Waals surface area contributed by atoms with E-state index in [1.807, 2.05) is 24.3 Å². The van der Waals surface area contributed by atoms with Crippen LogP contribution in [0.3, 0.4) is 0 Å². The van der Waals surface area contributed by atoms with Crippen LogP contribution in [0.15, 0.2) is 30.6 Å². The molecule has 0 amide bonds.